The number of hydrogen-bond acceptors (Lipinski definition) is 4. The van der Waals surface area contributed by atoms with E-state index in [0.717, 1.165) is 27.8 Å². The van der Waals surface area contributed by atoms with Crippen LogP contribution in [0.2, 0.25) is 0 Å². The summed E-state index contributed by atoms with van der Waals surface area (Å²) in [5.41, 5.74) is 0. The molecule has 0 aromatic carbocycles. The molecule has 3 rings (SSSR count). The molecule has 0 atom stereocenters. The van der Waals surface area contributed by atoms with Gasteiger partial charge in [-0.15, -0.1) is 11.3 Å². The average molecular weight is 275 g/mol. The molecule has 2 aromatic heterocycles. The van der Waals surface area contributed by atoms with E-state index in [0.29, 0.717) is 5.92 Å². The third-order valence-corrected chi connectivity index (χ3v) is 5.18. The van der Waals surface area contributed by atoms with Crippen molar-refractivity contribution >= 4 is 27.4 Å². The maximum absolute atomic E-state index is 4.79. The Morgan fingerprint density at radius 3 is 2.74 bits per heavy atom. The van der Waals surface area contributed by atoms with Crippen LogP contribution >= 0.6 is 11.3 Å². The van der Waals surface area contributed by atoms with Crippen LogP contribution in [0, 0.1) is 5.92 Å². The number of rotatable bonds is 3. The first-order valence-electron chi connectivity index (χ1n) is 7.24. The quantitative estimate of drug-likeness (QED) is 0.901. The second-order valence-electron chi connectivity index (χ2n) is 5.45. The first-order valence-corrected chi connectivity index (χ1v) is 8.12. The zero-order valence-electron chi connectivity index (χ0n) is 11.6. The van der Waals surface area contributed by atoms with E-state index in [2.05, 4.69) is 23.7 Å². The molecule has 0 bridgehead atoms. The highest BCUT2D eigenvalue weighted by atomic mass is 32.1. The first-order chi connectivity index (χ1) is 9.31. The molecule has 0 aliphatic heterocycles. The van der Waals surface area contributed by atoms with Crippen molar-refractivity contribution in [3.05, 3.63) is 17.3 Å². The number of nitrogens with one attached hydrogen (secondary N) is 1. The van der Waals surface area contributed by atoms with Crippen LogP contribution in [0.3, 0.4) is 0 Å². The summed E-state index contributed by atoms with van der Waals surface area (Å²) in [4.78, 5) is 10.7. The van der Waals surface area contributed by atoms with Crippen molar-refractivity contribution in [1.82, 2.24) is 9.97 Å². The lowest BCUT2D eigenvalue weighted by atomic mass is 9.80. The standard InChI is InChI=1S/C15H21N3S/c1-3-10-4-6-11(7-5-10)13-17-14(16-2)12-8-9-19-15(12)18-13/h8-11H,3-7H2,1-2H3,(H,16,17,18). The molecule has 0 amide bonds. The van der Waals surface area contributed by atoms with Crippen LogP contribution in [0.5, 0.6) is 0 Å². The molecule has 1 N–H and O–H groups in total. The van der Waals surface area contributed by atoms with Gasteiger partial charge in [0.25, 0.3) is 0 Å². The summed E-state index contributed by atoms with van der Waals surface area (Å²) in [5, 5.41) is 6.46. The minimum Gasteiger partial charge on any atom is -0.372 e. The second-order valence-corrected chi connectivity index (χ2v) is 6.34. The van der Waals surface area contributed by atoms with Crippen molar-refractivity contribution in [2.24, 2.45) is 5.92 Å². The smallest absolute Gasteiger partial charge is 0.138 e. The summed E-state index contributed by atoms with van der Waals surface area (Å²) in [6.07, 6.45) is 6.49. The molecule has 0 radical (unpaired) electrons. The maximum Gasteiger partial charge on any atom is 0.138 e. The van der Waals surface area contributed by atoms with Gasteiger partial charge in [0.1, 0.15) is 16.5 Å². The molecule has 2 heterocycles. The first kappa shape index (κ1) is 12.9. The number of fused-ring (bicyclic) bond motifs is 1. The van der Waals surface area contributed by atoms with Gasteiger partial charge in [0.2, 0.25) is 0 Å². The molecule has 4 heteroatoms. The lowest BCUT2D eigenvalue weighted by molar-refractivity contribution is 0.312. The molecule has 1 aliphatic rings. The van der Waals surface area contributed by atoms with Crippen molar-refractivity contribution in [1.29, 1.82) is 0 Å². The van der Waals surface area contributed by atoms with Crippen molar-refractivity contribution < 1.29 is 0 Å². The molecule has 102 valence electrons. The van der Waals surface area contributed by atoms with E-state index in [1.165, 1.54) is 32.1 Å². The van der Waals surface area contributed by atoms with E-state index in [1.54, 1.807) is 11.3 Å². The Kier molecular flexibility index (Phi) is 3.69. The molecule has 1 saturated carbocycles. The lowest BCUT2D eigenvalue weighted by Gasteiger charge is -2.26. The molecule has 2 aromatic rings. The maximum atomic E-state index is 4.79. The van der Waals surface area contributed by atoms with Crippen LogP contribution in [-0.4, -0.2) is 17.0 Å². The van der Waals surface area contributed by atoms with Gasteiger partial charge >= 0.3 is 0 Å². The Morgan fingerprint density at radius 2 is 2.05 bits per heavy atom. The van der Waals surface area contributed by atoms with E-state index in [4.69, 9.17) is 9.97 Å². The number of thiophene rings is 1. The van der Waals surface area contributed by atoms with Crippen molar-refractivity contribution in [3.63, 3.8) is 0 Å². The van der Waals surface area contributed by atoms with Gasteiger partial charge in [0.05, 0.1) is 5.39 Å². The van der Waals surface area contributed by atoms with Crippen LogP contribution in [0.25, 0.3) is 10.2 Å². The number of hydrogen-bond donors (Lipinski definition) is 1. The van der Waals surface area contributed by atoms with E-state index < -0.39 is 0 Å². The van der Waals surface area contributed by atoms with Crippen molar-refractivity contribution in [2.45, 2.75) is 44.9 Å². The highest BCUT2D eigenvalue weighted by molar-refractivity contribution is 7.16. The zero-order valence-corrected chi connectivity index (χ0v) is 12.5. The normalized spacial score (nSPS) is 23.7. The summed E-state index contributed by atoms with van der Waals surface area (Å²) in [6, 6.07) is 2.10. The summed E-state index contributed by atoms with van der Waals surface area (Å²) in [6.45, 7) is 2.30. The average Bonchev–Trinajstić information content (AvgIpc) is 2.94. The minimum absolute atomic E-state index is 0.557. The lowest BCUT2D eigenvalue weighted by Crippen LogP contribution is -2.15. The van der Waals surface area contributed by atoms with Gasteiger partial charge in [-0.1, -0.05) is 13.3 Å². The Bertz CT molecular complexity index is 556. The Hall–Kier alpha value is -1.16. The van der Waals surface area contributed by atoms with E-state index in [9.17, 15) is 0 Å². The van der Waals surface area contributed by atoms with Crippen molar-refractivity contribution in [3.8, 4) is 0 Å². The Labute approximate surface area is 118 Å². The SMILES string of the molecule is CCC1CCC(c2nc(NC)c3ccsc3n2)CC1. The highest BCUT2D eigenvalue weighted by Crippen LogP contribution is 2.37. The van der Waals surface area contributed by atoms with Gasteiger partial charge in [-0.05, 0) is 43.0 Å². The van der Waals surface area contributed by atoms with Gasteiger partial charge in [-0.3, -0.25) is 0 Å². The molecular weight excluding hydrogens is 254 g/mol. The van der Waals surface area contributed by atoms with Crippen LogP contribution in [0.15, 0.2) is 11.4 Å². The van der Waals surface area contributed by atoms with Crippen molar-refractivity contribution in [2.75, 3.05) is 12.4 Å². The summed E-state index contributed by atoms with van der Waals surface area (Å²) in [7, 11) is 1.94. The monoisotopic (exact) mass is 275 g/mol. The largest absolute Gasteiger partial charge is 0.372 e. The molecule has 19 heavy (non-hydrogen) atoms. The molecule has 1 fully saturated rings. The molecule has 1 aliphatic carbocycles. The third kappa shape index (κ3) is 2.46. The third-order valence-electron chi connectivity index (χ3n) is 4.37. The van der Waals surface area contributed by atoms with Gasteiger partial charge < -0.3 is 5.32 Å². The number of aromatic nitrogens is 2. The predicted molar refractivity (Wildman–Crippen MR) is 82.0 cm³/mol. The second kappa shape index (κ2) is 5.45. The number of anilines is 1. The summed E-state index contributed by atoms with van der Waals surface area (Å²) < 4.78 is 0. The van der Waals surface area contributed by atoms with Gasteiger partial charge in [0.15, 0.2) is 0 Å². The summed E-state index contributed by atoms with van der Waals surface area (Å²) >= 11 is 1.71. The molecule has 0 spiro atoms. The molecule has 0 unspecified atom stereocenters. The fraction of sp³-hybridized carbons (Fsp3) is 0.600. The van der Waals surface area contributed by atoms with Gasteiger partial charge in [0, 0.05) is 13.0 Å². The predicted octanol–water partition coefficient (Wildman–Crippen LogP) is 4.42. The Balaban J connectivity index is 1.88. The molecule has 0 saturated heterocycles. The van der Waals surface area contributed by atoms with Gasteiger partial charge in [-0.2, -0.15) is 0 Å². The van der Waals surface area contributed by atoms with E-state index >= 15 is 0 Å². The minimum atomic E-state index is 0.557. The van der Waals surface area contributed by atoms with Crippen LogP contribution in [0.1, 0.15) is 50.8 Å². The van der Waals surface area contributed by atoms with Crippen LogP contribution < -0.4 is 5.32 Å². The fourth-order valence-corrected chi connectivity index (χ4v) is 3.84. The topological polar surface area (TPSA) is 37.8 Å². The summed E-state index contributed by atoms with van der Waals surface area (Å²) in [5.74, 6) is 3.51. The van der Waals surface area contributed by atoms with E-state index in [-0.39, 0.29) is 0 Å². The highest BCUT2D eigenvalue weighted by Gasteiger charge is 2.24. The molecular formula is C15H21N3S. The van der Waals surface area contributed by atoms with Crippen LogP contribution in [-0.2, 0) is 0 Å². The Morgan fingerprint density at radius 1 is 1.26 bits per heavy atom. The fourth-order valence-electron chi connectivity index (χ4n) is 3.07. The van der Waals surface area contributed by atoms with Crippen LogP contribution in [0.4, 0.5) is 5.82 Å². The zero-order chi connectivity index (χ0) is 13.2. The van der Waals surface area contributed by atoms with E-state index in [1.807, 2.05) is 7.05 Å². The number of nitrogens with zero attached hydrogens (tertiary/aromatic N) is 2. The van der Waals surface area contributed by atoms with Gasteiger partial charge in [-0.25, -0.2) is 9.97 Å². The molecule has 3 nitrogen and oxygen atoms in total.